The molecule has 0 aliphatic rings. The highest BCUT2D eigenvalue weighted by Crippen LogP contribution is 2.26. The highest BCUT2D eigenvalue weighted by molar-refractivity contribution is 9.10. The van der Waals surface area contributed by atoms with Gasteiger partial charge < -0.3 is 5.32 Å². The number of halogens is 1. The minimum absolute atomic E-state index is 0.867. The molecular weight excluding hydrogens is 306 g/mol. The number of fused-ring (bicyclic) bond motifs is 1. The molecule has 3 aromatic rings. The van der Waals surface area contributed by atoms with Gasteiger partial charge in [0, 0.05) is 21.4 Å². The Hall–Kier alpha value is -1.32. The van der Waals surface area contributed by atoms with Gasteiger partial charge in [-0.15, -0.1) is 11.3 Å². The fourth-order valence-electron chi connectivity index (χ4n) is 1.93. The van der Waals surface area contributed by atoms with Crippen LogP contribution in [0.2, 0.25) is 0 Å². The summed E-state index contributed by atoms with van der Waals surface area (Å²) >= 11 is 5.25. The van der Waals surface area contributed by atoms with Crippen molar-refractivity contribution in [2.45, 2.75) is 6.54 Å². The van der Waals surface area contributed by atoms with Crippen molar-refractivity contribution >= 4 is 43.0 Å². The Kier molecular flexibility index (Phi) is 3.35. The van der Waals surface area contributed by atoms with Crippen LogP contribution in [0.25, 0.3) is 10.1 Å². The number of benzene rings is 2. The maximum Gasteiger partial charge on any atom is 0.0415 e. The Labute approximate surface area is 119 Å². The van der Waals surface area contributed by atoms with E-state index in [9.17, 15) is 0 Å². The average Bonchev–Trinajstić information content (AvgIpc) is 2.82. The topological polar surface area (TPSA) is 12.0 Å². The number of anilines is 1. The molecule has 1 aromatic heterocycles. The Morgan fingerprint density at radius 3 is 2.61 bits per heavy atom. The Morgan fingerprint density at radius 1 is 1.00 bits per heavy atom. The smallest absolute Gasteiger partial charge is 0.0415 e. The summed E-state index contributed by atoms with van der Waals surface area (Å²) in [5, 5.41) is 7.04. The largest absolute Gasteiger partial charge is 0.381 e. The van der Waals surface area contributed by atoms with E-state index in [0.29, 0.717) is 0 Å². The van der Waals surface area contributed by atoms with E-state index in [2.05, 4.69) is 63.0 Å². The van der Waals surface area contributed by atoms with E-state index in [1.165, 1.54) is 15.6 Å². The lowest BCUT2D eigenvalue weighted by atomic mass is 10.2. The number of hydrogen-bond donors (Lipinski definition) is 1. The lowest BCUT2D eigenvalue weighted by molar-refractivity contribution is 1.18. The molecule has 0 saturated carbocycles. The SMILES string of the molecule is Brc1ccc(NCc2csc3ccccc23)cc1. The third-order valence-electron chi connectivity index (χ3n) is 2.89. The standard InChI is InChI=1S/C15H12BrNS/c16-12-5-7-13(8-6-12)17-9-11-10-18-15-4-2-1-3-14(11)15/h1-8,10,17H,9H2. The van der Waals surface area contributed by atoms with Crippen molar-refractivity contribution in [2.24, 2.45) is 0 Å². The van der Waals surface area contributed by atoms with Gasteiger partial charge in [0.2, 0.25) is 0 Å². The van der Waals surface area contributed by atoms with E-state index in [4.69, 9.17) is 0 Å². The van der Waals surface area contributed by atoms with E-state index < -0.39 is 0 Å². The Bertz CT molecular complexity index is 658. The molecule has 1 heterocycles. The molecule has 0 radical (unpaired) electrons. The summed E-state index contributed by atoms with van der Waals surface area (Å²) in [6, 6.07) is 16.8. The molecular formula is C15H12BrNS. The van der Waals surface area contributed by atoms with Crippen molar-refractivity contribution < 1.29 is 0 Å². The molecule has 0 aliphatic carbocycles. The van der Waals surface area contributed by atoms with Crippen LogP contribution in [0.15, 0.2) is 58.4 Å². The van der Waals surface area contributed by atoms with Crippen molar-refractivity contribution in [1.82, 2.24) is 0 Å². The zero-order valence-electron chi connectivity index (χ0n) is 9.69. The summed E-state index contributed by atoms with van der Waals surface area (Å²) in [5.41, 5.74) is 2.51. The lowest BCUT2D eigenvalue weighted by Crippen LogP contribution is -1.97. The molecule has 0 amide bonds. The predicted molar refractivity (Wildman–Crippen MR) is 83.3 cm³/mol. The van der Waals surface area contributed by atoms with Crippen LogP contribution in [-0.2, 0) is 6.54 Å². The minimum atomic E-state index is 0.867. The molecule has 0 aliphatic heterocycles. The Morgan fingerprint density at radius 2 is 1.78 bits per heavy atom. The Balaban J connectivity index is 1.79. The van der Waals surface area contributed by atoms with Gasteiger partial charge in [-0.2, -0.15) is 0 Å². The second-order valence-corrected chi connectivity index (χ2v) is 5.94. The van der Waals surface area contributed by atoms with Crippen LogP contribution in [0.4, 0.5) is 5.69 Å². The highest BCUT2D eigenvalue weighted by atomic mass is 79.9. The second kappa shape index (κ2) is 5.12. The highest BCUT2D eigenvalue weighted by Gasteiger charge is 2.02. The monoisotopic (exact) mass is 317 g/mol. The molecule has 18 heavy (non-hydrogen) atoms. The molecule has 3 rings (SSSR count). The van der Waals surface area contributed by atoms with Gasteiger partial charge in [-0.1, -0.05) is 34.1 Å². The molecule has 0 bridgehead atoms. The normalized spacial score (nSPS) is 10.7. The van der Waals surface area contributed by atoms with E-state index in [1.54, 1.807) is 11.3 Å². The molecule has 1 nitrogen and oxygen atoms in total. The van der Waals surface area contributed by atoms with Crippen molar-refractivity contribution in [3.05, 3.63) is 63.9 Å². The van der Waals surface area contributed by atoms with Gasteiger partial charge in [0.15, 0.2) is 0 Å². The first-order valence-electron chi connectivity index (χ1n) is 5.77. The van der Waals surface area contributed by atoms with Gasteiger partial charge in [0.05, 0.1) is 0 Å². The quantitative estimate of drug-likeness (QED) is 0.693. The third-order valence-corrected chi connectivity index (χ3v) is 4.43. The third kappa shape index (κ3) is 2.42. The van der Waals surface area contributed by atoms with E-state index in [0.717, 1.165) is 16.7 Å². The maximum absolute atomic E-state index is 3.45. The summed E-state index contributed by atoms with van der Waals surface area (Å²) in [7, 11) is 0. The fourth-order valence-corrected chi connectivity index (χ4v) is 3.16. The average molecular weight is 318 g/mol. The van der Waals surface area contributed by atoms with Crippen LogP contribution < -0.4 is 5.32 Å². The van der Waals surface area contributed by atoms with Crippen molar-refractivity contribution in [2.75, 3.05) is 5.32 Å². The van der Waals surface area contributed by atoms with Gasteiger partial charge in [-0.05, 0) is 46.7 Å². The molecule has 1 N–H and O–H groups in total. The van der Waals surface area contributed by atoms with Gasteiger partial charge in [-0.25, -0.2) is 0 Å². The molecule has 90 valence electrons. The van der Waals surface area contributed by atoms with Crippen molar-refractivity contribution in [1.29, 1.82) is 0 Å². The molecule has 0 fully saturated rings. The first-order valence-corrected chi connectivity index (χ1v) is 7.45. The van der Waals surface area contributed by atoms with Crippen LogP contribution >= 0.6 is 27.3 Å². The van der Waals surface area contributed by atoms with Gasteiger partial charge >= 0.3 is 0 Å². The van der Waals surface area contributed by atoms with E-state index in [-0.39, 0.29) is 0 Å². The molecule has 0 spiro atoms. The molecule has 2 aromatic carbocycles. The predicted octanol–water partition coefficient (Wildman–Crippen LogP) is 5.28. The zero-order valence-corrected chi connectivity index (χ0v) is 12.1. The molecule has 0 saturated heterocycles. The summed E-state index contributed by atoms with van der Waals surface area (Å²) in [6.45, 7) is 0.867. The number of hydrogen-bond acceptors (Lipinski definition) is 2. The summed E-state index contributed by atoms with van der Waals surface area (Å²) < 4.78 is 2.46. The van der Waals surface area contributed by atoms with Crippen LogP contribution in [0.5, 0.6) is 0 Å². The number of rotatable bonds is 3. The van der Waals surface area contributed by atoms with Crippen molar-refractivity contribution in [3.8, 4) is 0 Å². The van der Waals surface area contributed by atoms with Crippen LogP contribution in [0.1, 0.15) is 5.56 Å². The lowest BCUT2D eigenvalue weighted by Gasteiger charge is -2.05. The number of thiophene rings is 1. The van der Waals surface area contributed by atoms with Crippen LogP contribution in [0.3, 0.4) is 0 Å². The van der Waals surface area contributed by atoms with Gasteiger partial charge in [0.1, 0.15) is 0 Å². The molecule has 3 heteroatoms. The number of nitrogens with one attached hydrogen (secondary N) is 1. The zero-order chi connectivity index (χ0) is 12.4. The van der Waals surface area contributed by atoms with Crippen molar-refractivity contribution in [3.63, 3.8) is 0 Å². The van der Waals surface area contributed by atoms with Gasteiger partial charge in [0.25, 0.3) is 0 Å². The summed E-state index contributed by atoms with van der Waals surface area (Å²) in [6.07, 6.45) is 0. The van der Waals surface area contributed by atoms with E-state index in [1.807, 2.05) is 12.1 Å². The van der Waals surface area contributed by atoms with E-state index >= 15 is 0 Å². The van der Waals surface area contributed by atoms with Crippen LogP contribution in [-0.4, -0.2) is 0 Å². The van der Waals surface area contributed by atoms with Crippen LogP contribution in [0, 0.1) is 0 Å². The summed E-state index contributed by atoms with van der Waals surface area (Å²) in [4.78, 5) is 0. The maximum atomic E-state index is 3.45. The van der Waals surface area contributed by atoms with Gasteiger partial charge in [-0.3, -0.25) is 0 Å². The first kappa shape index (κ1) is 11.8. The minimum Gasteiger partial charge on any atom is -0.381 e. The second-order valence-electron chi connectivity index (χ2n) is 4.12. The molecule has 0 unspecified atom stereocenters. The first-order chi connectivity index (χ1) is 8.83. The molecule has 0 atom stereocenters. The summed E-state index contributed by atoms with van der Waals surface area (Å²) in [5.74, 6) is 0. The fraction of sp³-hybridized carbons (Fsp3) is 0.0667.